The molecule has 0 aromatic carbocycles. The Morgan fingerprint density at radius 3 is 1.80 bits per heavy atom. The van der Waals surface area contributed by atoms with Crippen molar-refractivity contribution in [2.24, 2.45) is 0 Å². The summed E-state index contributed by atoms with van der Waals surface area (Å²) < 4.78 is 17.0. The van der Waals surface area contributed by atoms with E-state index in [0.29, 0.717) is 12.8 Å². The smallest absolute Gasteiger partial charge is 0.334 e. The fourth-order valence-corrected chi connectivity index (χ4v) is 7.07. The fraction of sp³-hybridized carbons (Fsp3) is 0.897. The van der Waals surface area contributed by atoms with Crippen LogP contribution in [0.25, 0.3) is 0 Å². The lowest BCUT2D eigenvalue weighted by molar-refractivity contribution is -0.159. The minimum absolute atomic E-state index is 0.0624. The summed E-state index contributed by atoms with van der Waals surface area (Å²) in [5.74, 6) is -0.480. The molecule has 0 aliphatic carbocycles. The first-order valence-corrected chi connectivity index (χ1v) is 19.4. The summed E-state index contributed by atoms with van der Waals surface area (Å²) in [6.07, 6.45) is 28.6. The van der Waals surface area contributed by atoms with E-state index in [1.54, 1.807) is 0 Å². The molecule has 1 fully saturated rings. The lowest BCUT2D eigenvalue weighted by Crippen LogP contribution is -2.36. The van der Waals surface area contributed by atoms with Crippen molar-refractivity contribution in [2.45, 2.75) is 224 Å². The Morgan fingerprint density at radius 2 is 1.28 bits per heavy atom. The van der Waals surface area contributed by atoms with Gasteiger partial charge in [0.1, 0.15) is 12.2 Å². The van der Waals surface area contributed by atoms with E-state index in [-0.39, 0.29) is 30.3 Å². The van der Waals surface area contributed by atoms with E-state index in [1.165, 1.54) is 96.8 Å². The number of hydrogen-bond acceptors (Lipinski definition) is 7. The normalized spacial score (nSPS) is 21.6. The Kier molecular flexibility index (Phi) is 22.6. The lowest BCUT2D eigenvalue weighted by Gasteiger charge is -2.27. The molecule has 2 rings (SSSR count). The standard InChI is InChI=1S/C39H70O7/c1-4-5-6-7-8-9-14-17-20-23-26-35(42)36-27-28-37(46-36)38(45-32(3)40)30-34(41)25-22-19-16-13-11-10-12-15-18-21-24-33-29-31(2)44-39(33)43/h29,31,34-38,41-42H,4-28,30H2,1-3H3/t31-,34+,35+,36+,37+,38+/m0/s1. The number of cyclic esters (lactones) is 1. The molecule has 7 heteroatoms. The average molecular weight is 651 g/mol. The minimum Gasteiger partial charge on any atom is -0.460 e. The van der Waals surface area contributed by atoms with Gasteiger partial charge in [-0.3, -0.25) is 4.79 Å². The summed E-state index contributed by atoms with van der Waals surface area (Å²) in [7, 11) is 0. The number of hydrogen-bond donors (Lipinski definition) is 2. The van der Waals surface area contributed by atoms with Crippen LogP contribution in [0.3, 0.4) is 0 Å². The van der Waals surface area contributed by atoms with Gasteiger partial charge in [0.15, 0.2) is 0 Å². The van der Waals surface area contributed by atoms with E-state index in [9.17, 15) is 19.8 Å². The largest absolute Gasteiger partial charge is 0.460 e. The predicted molar refractivity (Wildman–Crippen MR) is 186 cm³/mol. The predicted octanol–water partition coefficient (Wildman–Crippen LogP) is 9.44. The maximum atomic E-state index is 11.8. The first kappa shape index (κ1) is 40.7. The third kappa shape index (κ3) is 18.8. The van der Waals surface area contributed by atoms with E-state index < -0.39 is 18.3 Å². The van der Waals surface area contributed by atoms with Gasteiger partial charge in [-0.25, -0.2) is 4.79 Å². The van der Waals surface area contributed by atoms with Gasteiger partial charge in [0.05, 0.1) is 24.4 Å². The lowest BCUT2D eigenvalue weighted by atomic mass is 9.98. The molecule has 0 aromatic heterocycles. The quantitative estimate of drug-likeness (QED) is 0.0614. The van der Waals surface area contributed by atoms with Crippen molar-refractivity contribution in [1.82, 2.24) is 0 Å². The van der Waals surface area contributed by atoms with Gasteiger partial charge in [-0.15, -0.1) is 0 Å². The van der Waals surface area contributed by atoms with Crippen LogP contribution in [-0.4, -0.2) is 58.8 Å². The zero-order valence-corrected chi connectivity index (χ0v) is 29.9. The van der Waals surface area contributed by atoms with Crippen LogP contribution < -0.4 is 0 Å². The van der Waals surface area contributed by atoms with Crippen molar-refractivity contribution < 1.29 is 34.0 Å². The molecule has 0 bridgehead atoms. The Labute approximate surface area is 281 Å². The molecule has 0 radical (unpaired) electrons. The first-order valence-electron chi connectivity index (χ1n) is 19.4. The minimum atomic E-state index is -0.520. The SMILES string of the molecule is CCCCCCCCCCCC[C@@H](O)[C@H]1CC[C@H]([C@@H](C[C@H](O)CCCCCCCCCCCCC2=C[C@H](C)OC2=O)OC(C)=O)O1. The Hall–Kier alpha value is -1.44. The van der Waals surface area contributed by atoms with E-state index in [4.69, 9.17) is 14.2 Å². The molecule has 6 atom stereocenters. The Balaban J connectivity index is 1.48. The molecule has 7 nitrogen and oxygen atoms in total. The van der Waals surface area contributed by atoms with E-state index >= 15 is 0 Å². The van der Waals surface area contributed by atoms with Crippen molar-refractivity contribution in [3.63, 3.8) is 0 Å². The molecule has 0 aromatic rings. The molecule has 46 heavy (non-hydrogen) atoms. The number of esters is 2. The number of carbonyl (C=O) groups excluding carboxylic acids is 2. The van der Waals surface area contributed by atoms with Gasteiger partial charge >= 0.3 is 11.9 Å². The number of carbonyl (C=O) groups is 2. The second kappa shape index (κ2) is 25.6. The van der Waals surface area contributed by atoms with Gasteiger partial charge in [0.2, 0.25) is 0 Å². The van der Waals surface area contributed by atoms with Crippen LogP contribution >= 0.6 is 0 Å². The molecule has 1 saturated heterocycles. The molecule has 0 saturated carbocycles. The van der Waals surface area contributed by atoms with E-state index in [1.807, 2.05) is 13.0 Å². The van der Waals surface area contributed by atoms with Gasteiger partial charge in [-0.2, -0.15) is 0 Å². The van der Waals surface area contributed by atoms with Crippen molar-refractivity contribution in [1.29, 1.82) is 0 Å². The topological polar surface area (TPSA) is 102 Å². The highest BCUT2D eigenvalue weighted by atomic mass is 16.6. The van der Waals surface area contributed by atoms with Crippen LogP contribution in [0.15, 0.2) is 11.6 Å². The number of aliphatic hydroxyl groups excluding tert-OH is 2. The van der Waals surface area contributed by atoms with Crippen LogP contribution in [0.1, 0.15) is 188 Å². The molecule has 2 heterocycles. The molecular formula is C39H70O7. The molecule has 2 aliphatic rings. The molecule has 0 unspecified atom stereocenters. The second-order valence-corrected chi connectivity index (χ2v) is 14.2. The summed E-state index contributed by atoms with van der Waals surface area (Å²) in [6.45, 7) is 5.57. The van der Waals surface area contributed by atoms with Gasteiger partial charge in [0.25, 0.3) is 0 Å². The number of aliphatic hydroxyl groups is 2. The maximum absolute atomic E-state index is 11.8. The third-order valence-electron chi connectivity index (χ3n) is 9.83. The van der Waals surface area contributed by atoms with Crippen molar-refractivity contribution in [3.05, 3.63) is 11.6 Å². The van der Waals surface area contributed by atoms with Gasteiger partial charge in [0, 0.05) is 18.9 Å². The highest BCUT2D eigenvalue weighted by Crippen LogP contribution is 2.30. The molecule has 0 amide bonds. The zero-order chi connectivity index (χ0) is 33.4. The van der Waals surface area contributed by atoms with Gasteiger partial charge in [-0.1, -0.05) is 129 Å². The average Bonchev–Trinajstić information content (AvgIpc) is 3.64. The Morgan fingerprint density at radius 1 is 0.783 bits per heavy atom. The van der Waals surface area contributed by atoms with Crippen LogP contribution in [0.4, 0.5) is 0 Å². The summed E-state index contributed by atoms with van der Waals surface area (Å²) in [4.78, 5) is 23.5. The molecule has 2 aliphatic heterocycles. The number of rotatable bonds is 29. The zero-order valence-electron chi connectivity index (χ0n) is 29.9. The van der Waals surface area contributed by atoms with Gasteiger partial charge in [-0.05, 0) is 51.5 Å². The number of unbranched alkanes of at least 4 members (excludes halogenated alkanes) is 18. The van der Waals surface area contributed by atoms with Crippen LogP contribution in [-0.2, 0) is 23.8 Å². The van der Waals surface area contributed by atoms with Crippen molar-refractivity contribution in [2.75, 3.05) is 0 Å². The fourth-order valence-electron chi connectivity index (χ4n) is 7.07. The summed E-state index contributed by atoms with van der Waals surface area (Å²) in [6, 6.07) is 0. The van der Waals surface area contributed by atoms with Gasteiger partial charge < -0.3 is 24.4 Å². The maximum Gasteiger partial charge on any atom is 0.334 e. The van der Waals surface area contributed by atoms with Crippen LogP contribution in [0.2, 0.25) is 0 Å². The first-order chi connectivity index (χ1) is 22.3. The second-order valence-electron chi connectivity index (χ2n) is 14.2. The highest BCUT2D eigenvalue weighted by Gasteiger charge is 2.37. The molecule has 0 spiro atoms. The molecule has 2 N–H and O–H groups in total. The summed E-state index contributed by atoms with van der Waals surface area (Å²) >= 11 is 0. The summed E-state index contributed by atoms with van der Waals surface area (Å²) in [5.41, 5.74) is 0.852. The Bertz CT molecular complexity index is 827. The molecular weight excluding hydrogens is 580 g/mol. The third-order valence-corrected chi connectivity index (χ3v) is 9.83. The monoisotopic (exact) mass is 651 g/mol. The number of ether oxygens (including phenoxy) is 3. The highest BCUT2D eigenvalue weighted by molar-refractivity contribution is 5.90. The van der Waals surface area contributed by atoms with Crippen molar-refractivity contribution >= 4 is 11.9 Å². The van der Waals surface area contributed by atoms with Crippen molar-refractivity contribution in [3.8, 4) is 0 Å². The van der Waals surface area contributed by atoms with E-state index in [2.05, 4.69) is 6.92 Å². The van der Waals surface area contributed by atoms with Crippen LogP contribution in [0, 0.1) is 0 Å². The van der Waals surface area contributed by atoms with E-state index in [0.717, 1.165) is 69.8 Å². The summed E-state index contributed by atoms with van der Waals surface area (Å²) in [5, 5.41) is 21.5. The molecule has 268 valence electrons. The van der Waals surface area contributed by atoms with Crippen LogP contribution in [0.5, 0.6) is 0 Å².